The van der Waals surface area contributed by atoms with E-state index < -0.39 is 31.7 Å². The Morgan fingerprint density at radius 3 is 2.59 bits per heavy atom. The minimum absolute atomic E-state index is 0.0753. The van der Waals surface area contributed by atoms with Crippen LogP contribution in [0.2, 0.25) is 5.82 Å². The summed E-state index contributed by atoms with van der Waals surface area (Å²) >= 11 is 0. The fraction of sp³-hybridized carbons (Fsp3) is 0.304. The molecule has 164 valence electrons. The Bertz CT molecular complexity index is 1050. The third-order valence-corrected chi connectivity index (χ3v) is 5.11. The summed E-state index contributed by atoms with van der Waals surface area (Å²) in [5, 5.41) is 18.9. The second-order valence-electron chi connectivity index (χ2n) is 7.51. The number of rotatable bonds is 8. The van der Waals surface area contributed by atoms with Crippen LogP contribution in [0.25, 0.3) is 0 Å². The molecule has 0 aliphatic carbocycles. The Morgan fingerprint density at radius 1 is 1.16 bits per heavy atom. The van der Waals surface area contributed by atoms with E-state index in [2.05, 4.69) is 0 Å². The van der Waals surface area contributed by atoms with Crippen molar-refractivity contribution in [2.24, 2.45) is 0 Å². The van der Waals surface area contributed by atoms with Crippen LogP contribution in [0.1, 0.15) is 51.1 Å². The van der Waals surface area contributed by atoms with Gasteiger partial charge in [-0.15, -0.1) is 0 Å². The Hall–Kier alpha value is -3.64. The van der Waals surface area contributed by atoms with Gasteiger partial charge in [-0.3, -0.25) is 4.79 Å². The van der Waals surface area contributed by atoms with E-state index in [0.717, 1.165) is 5.56 Å². The molecule has 0 spiro atoms. The van der Waals surface area contributed by atoms with Gasteiger partial charge in [0, 0.05) is 25.1 Å². The molecule has 8 nitrogen and oxygen atoms in total. The molecule has 1 aliphatic rings. The van der Waals surface area contributed by atoms with Gasteiger partial charge in [0.25, 0.3) is 0 Å². The minimum Gasteiger partial charge on any atom is -0.535 e. The van der Waals surface area contributed by atoms with Crippen LogP contribution in [0.5, 0.6) is 5.75 Å². The smallest absolute Gasteiger partial charge is 0.526 e. The van der Waals surface area contributed by atoms with Crippen molar-refractivity contribution in [3.8, 4) is 11.8 Å². The van der Waals surface area contributed by atoms with Gasteiger partial charge in [-0.2, -0.15) is 5.26 Å². The topological polar surface area (TPSA) is 123 Å². The van der Waals surface area contributed by atoms with E-state index >= 15 is 0 Å². The number of nitrogens with zero attached hydrogens (tertiary/aromatic N) is 1. The van der Waals surface area contributed by atoms with Crippen molar-refractivity contribution in [2.45, 2.75) is 38.4 Å². The zero-order valence-corrected chi connectivity index (χ0v) is 17.6. The highest BCUT2D eigenvalue weighted by Gasteiger charge is 2.37. The summed E-state index contributed by atoms with van der Waals surface area (Å²) in [5.41, 5.74) is 2.07. The normalized spacial score (nSPS) is 14.5. The first-order valence-electron chi connectivity index (χ1n) is 10.1. The highest BCUT2D eigenvalue weighted by molar-refractivity contribution is 6.47. The molecule has 1 N–H and O–H groups in total. The van der Waals surface area contributed by atoms with Gasteiger partial charge in [0.15, 0.2) is 0 Å². The lowest BCUT2D eigenvalue weighted by atomic mass is 9.64. The first-order valence-corrected chi connectivity index (χ1v) is 10.1. The van der Waals surface area contributed by atoms with Crippen LogP contribution in [0.4, 0.5) is 0 Å². The summed E-state index contributed by atoms with van der Waals surface area (Å²) < 4.78 is 15.6. The molecule has 1 heterocycles. The number of hydrogen-bond acceptors (Lipinski definition) is 8. The molecule has 3 rings (SSSR count). The van der Waals surface area contributed by atoms with E-state index in [9.17, 15) is 19.4 Å². The van der Waals surface area contributed by atoms with E-state index in [-0.39, 0.29) is 36.4 Å². The summed E-state index contributed by atoms with van der Waals surface area (Å²) in [7, 11) is -1.28. The van der Waals surface area contributed by atoms with Crippen molar-refractivity contribution in [1.82, 2.24) is 0 Å². The van der Waals surface area contributed by atoms with Crippen molar-refractivity contribution in [2.75, 3.05) is 6.79 Å². The first kappa shape index (κ1) is 23.0. The van der Waals surface area contributed by atoms with E-state index in [0.29, 0.717) is 17.5 Å². The molecule has 0 aromatic heterocycles. The number of para-hydroxylation sites is 1. The molecule has 9 heteroatoms. The number of carbonyl (C=O) groups excluding carboxylic acids is 3. The maximum atomic E-state index is 12.5. The zero-order chi connectivity index (χ0) is 23.1. The number of hydrogen-bond donors (Lipinski definition) is 1. The molecule has 32 heavy (non-hydrogen) atoms. The van der Waals surface area contributed by atoms with Crippen LogP contribution in [0.3, 0.4) is 0 Å². The summed E-state index contributed by atoms with van der Waals surface area (Å²) in [6.07, 6.45) is 0.661. The molecule has 0 amide bonds. The fourth-order valence-corrected chi connectivity index (χ4v) is 3.40. The van der Waals surface area contributed by atoms with Crippen LogP contribution < -0.4 is 4.65 Å². The summed E-state index contributed by atoms with van der Waals surface area (Å²) in [5.74, 6) is -1.82. The lowest BCUT2D eigenvalue weighted by Crippen LogP contribution is -2.36. The molecule has 0 radical (unpaired) electrons. The third-order valence-electron chi connectivity index (χ3n) is 5.11. The molecule has 2 aromatic rings. The van der Waals surface area contributed by atoms with Crippen LogP contribution in [0.15, 0.2) is 42.5 Å². The average Bonchev–Trinajstić information content (AvgIpc) is 2.78. The van der Waals surface area contributed by atoms with E-state index in [1.165, 1.54) is 6.07 Å². The maximum absolute atomic E-state index is 12.5. The van der Waals surface area contributed by atoms with Crippen LogP contribution in [0, 0.1) is 18.3 Å². The zero-order valence-electron chi connectivity index (χ0n) is 17.6. The SMILES string of the molecule is Cc1ccc(C(=O)OCOC(=O)c2cccc3c2OB(O)[C@@H](CC(=O)CCC#N)C3)cc1. The van der Waals surface area contributed by atoms with Crippen molar-refractivity contribution >= 4 is 24.8 Å². The van der Waals surface area contributed by atoms with Crippen molar-refractivity contribution < 1.29 is 33.5 Å². The Morgan fingerprint density at radius 2 is 1.88 bits per heavy atom. The van der Waals surface area contributed by atoms with Gasteiger partial charge in [-0.25, -0.2) is 9.59 Å². The van der Waals surface area contributed by atoms with Gasteiger partial charge >= 0.3 is 19.1 Å². The molecule has 1 aliphatic heterocycles. The summed E-state index contributed by atoms with van der Waals surface area (Å²) in [6.45, 7) is 1.32. The molecule has 0 bridgehead atoms. The second-order valence-corrected chi connectivity index (χ2v) is 7.51. The monoisotopic (exact) mass is 435 g/mol. The number of fused-ring (bicyclic) bond motifs is 1. The third kappa shape index (κ3) is 5.74. The number of benzene rings is 2. The largest absolute Gasteiger partial charge is 0.535 e. The van der Waals surface area contributed by atoms with Crippen LogP contribution in [-0.4, -0.2) is 36.7 Å². The van der Waals surface area contributed by atoms with Crippen LogP contribution >= 0.6 is 0 Å². The predicted molar refractivity (Wildman–Crippen MR) is 114 cm³/mol. The maximum Gasteiger partial charge on any atom is 0.526 e. The van der Waals surface area contributed by atoms with Gasteiger partial charge in [0.2, 0.25) is 6.79 Å². The first-order chi connectivity index (χ1) is 15.4. The van der Waals surface area contributed by atoms with Crippen LogP contribution in [-0.2, 0) is 20.7 Å². The van der Waals surface area contributed by atoms with Crippen molar-refractivity contribution in [3.63, 3.8) is 0 Å². The molecule has 1 atom stereocenters. The predicted octanol–water partition coefficient (Wildman–Crippen LogP) is 3.01. The quantitative estimate of drug-likeness (QED) is 0.381. The summed E-state index contributed by atoms with van der Waals surface area (Å²) in [6, 6.07) is 13.6. The van der Waals surface area contributed by atoms with Gasteiger partial charge in [-0.05, 0) is 37.1 Å². The number of aryl methyl sites for hydroxylation is 1. The molecule has 2 aromatic carbocycles. The second kappa shape index (κ2) is 10.6. The Labute approximate surface area is 185 Å². The van der Waals surface area contributed by atoms with Crippen molar-refractivity contribution in [3.05, 3.63) is 64.7 Å². The molecule has 0 saturated heterocycles. The van der Waals surface area contributed by atoms with Crippen molar-refractivity contribution in [1.29, 1.82) is 5.26 Å². The Kier molecular flexibility index (Phi) is 7.63. The van der Waals surface area contributed by atoms with E-state index in [4.69, 9.17) is 19.4 Å². The standard InChI is InChI=1S/C23H22BNO7/c1-15-7-9-16(10-8-15)22(27)30-14-31-23(28)20-6-2-4-17-12-18(24(29)32-21(17)20)13-19(26)5-3-11-25/h2,4,6-10,18,29H,3,5,12-14H2,1H3/t18-/m1/s1. The van der Waals surface area contributed by atoms with E-state index in [1.54, 1.807) is 36.4 Å². The van der Waals surface area contributed by atoms with Gasteiger partial charge in [0.1, 0.15) is 17.1 Å². The highest BCUT2D eigenvalue weighted by Crippen LogP contribution is 2.36. The number of Topliss-reactive ketones (excluding diaryl/α,β-unsaturated/α-hetero) is 1. The van der Waals surface area contributed by atoms with E-state index in [1.807, 2.05) is 13.0 Å². The van der Waals surface area contributed by atoms with Gasteiger partial charge in [-0.1, -0.05) is 29.8 Å². The number of nitriles is 1. The molecule has 0 saturated carbocycles. The van der Waals surface area contributed by atoms with Gasteiger partial charge < -0.3 is 19.2 Å². The summed E-state index contributed by atoms with van der Waals surface area (Å²) in [4.78, 5) is 36.5. The molecular weight excluding hydrogens is 413 g/mol. The minimum atomic E-state index is -1.28. The molecule has 0 unspecified atom stereocenters. The average molecular weight is 435 g/mol. The number of esters is 2. The fourth-order valence-electron chi connectivity index (χ4n) is 3.40. The van der Waals surface area contributed by atoms with Gasteiger partial charge in [0.05, 0.1) is 11.6 Å². The highest BCUT2D eigenvalue weighted by atomic mass is 16.7. The lowest BCUT2D eigenvalue weighted by Gasteiger charge is -2.28. The molecule has 0 fully saturated rings. The Balaban J connectivity index is 1.60. The number of ketones is 1. The number of carbonyl (C=O) groups is 3. The lowest BCUT2D eigenvalue weighted by molar-refractivity contribution is -0.119. The number of ether oxygens (including phenoxy) is 2. The molecular formula is C23H22BNO7.